The van der Waals surface area contributed by atoms with Gasteiger partial charge in [-0.2, -0.15) is 0 Å². The van der Waals surface area contributed by atoms with Crippen molar-refractivity contribution < 1.29 is 4.74 Å². The standard InChI is InChI=1S/C22H20BrNO/c1-22(2)17-9-7-13-5-3-4-6-15(13)20(17)24-21-16-11-14(23)8-10-19(16)25-12-18(21)22/h3-11,18,21,24H,12H2,1-2H3/t18-,21+/m1/s1. The van der Waals surface area contributed by atoms with E-state index in [1.54, 1.807) is 0 Å². The average molecular weight is 394 g/mol. The molecule has 3 aromatic rings. The fraction of sp³-hybridized carbons (Fsp3) is 0.273. The zero-order chi connectivity index (χ0) is 17.2. The lowest BCUT2D eigenvalue weighted by Gasteiger charge is -2.49. The summed E-state index contributed by atoms with van der Waals surface area (Å²) in [5.74, 6) is 1.39. The van der Waals surface area contributed by atoms with Crippen molar-refractivity contribution in [1.82, 2.24) is 0 Å². The Morgan fingerprint density at radius 2 is 1.92 bits per heavy atom. The molecule has 25 heavy (non-hydrogen) atoms. The van der Waals surface area contributed by atoms with Crippen molar-refractivity contribution in [2.45, 2.75) is 25.3 Å². The smallest absolute Gasteiger partial charge is 0.124 e. The third-order valence-corrected chi connectivity index (χ3v) is 6.47. The molecule has 126 valence electrons. The average Bonchev–Trinajstić information content (AvgIpc) is 2.61. The second kappa shape index (κ2) is 5.25. The Morgan fingerprint density at radius 1 is 1.08 bits per heavy atom. The van der Waals surface area contributed by atoms with Gasteiger partial charge in [0.15, 0.2) is 0 Å². The molecule has 0 saturated heterocycles. The fourth-order valence-electron chi connectivity index (χ4n) is 4.51. The van der Waals surface area contributed by atoms with Gasteiger partial charge in [0.05, 0.1) is 12.6 Å². The van der Waals surface area contributed by atoms with Crippen molar-refractivity contribution in [3.05, 3.63) is 70.2 Å². The molecule has 0 unspecified atom stereocenters. The van der Waals surface area contributed by atoms with Gasteiger partial charge in [-0.15, -0.1) is 0 Å². The summed E-state index contributed by atoms with van der Waals surface area (Å²) in [6, 6.07) is 19.7. The van der Waals surface area contributed by atoms with E-state index in [1.165, 1.54) is 27.6 Å². The maximum absolute atomic E-state index is 6.13. The number of fused-ring (bicyclic) bond motifs is 6. The highest BCUT2D eigenvalue weighted by Gasteiger charge is 2.46. The van der Waals surface area contributed by atoms with Gasteiger partial charge >= 0.3 is 0 Å². The molecule has 3 heteroatoms. The lowest BCUT2D eigenvalue weighted by atomic mass is 9.65. The first kappa shape index (κ1) is 15.3. The first-order valence-corrected chi connectivity index (χ1v) is 9.56. The minimum Gasteiger partial charge on any atom is -0.493 e. The van der Waals surface area contributed by atoms with Crippen LogP contribution in [0.5, 0.6) is 5.75 Å². The number of hydrogen-bond donors (Lipinski definition) is 1. The first-order valence-electron chi connectivity index (χ1n) is 8.77. The van der Waals surface area contributed by atoms with E-state index in [0.29, 0.717) is 5.92 Å². The minimum atomic E-state index is 0.0370. The monoisotopic (exact) mass is 393 g/mol. The molecule has 0 bridgehead atoms. The molecule has 0 aromatic heterocycles. The van der Waals surface area contributed by atoms with Gasteiger partial charge in [-0.1, -0.05) is 66.2 Å². The van der Waals surface area contributed by atoms with Crippen LogP contribution in [0.4, 0.5) is 5.69 Å². The number of halogens is 1. The highest BCUT2D eigenvalue weighted by atomic mass is 79.9. The third kappa shape index (κ3) is 2.15. The topological polar surface area (TPSA) is 21.3 Å². The van der Waals surface area contributed by atoms with Gasteiger partial charge in [0, 0.05) is 32.4 Å². The summed E-state index contributed by atoms with van der Waals surface area (Å²) in [6.07, 6.45) is 0. The summed E-state index contributed by atoms with van der Waals surface area (Å²) in [5.41, 5.74) is 3.94. The molecule has 1 N–H and O–H groups in total. The molecule has 0 radical (unpaired) electrons. The molecule has 2 heterocycles. The molecule has 0 aliphatic carbocycles. The minimum absolute atomic E-state index is 0.0370. The number of hydrogen-bond acceptors (Lipinski definition) is 2. The summed E-state index contributed by atoms with van der Waals surface area (Å²) >= 11 is 3.62. The molecule has 3 aromatic carbocycles. The molecule has 2 aliphatic heterocycles. The van der Waals surface area contributed by atoms with Crippen LogP contribution in [0.3, 0.4) is 0 Å². The van der Waals surface area contributed by atoms with E-state index in [1.807, 2.05) is 0 Å². The third-order valence-electron chi connectivity index (χ3n) is 5.98. The van der Waals surface area contributed by atoms with E-state index < -0.39 is 0 Å². The van der Waals surface area contributed by atoms with Crippen molar-refractivity contribution in [3.63, 3.8) is 0 Å². The normalized spacial score (nSPS) is 23.0. The zero-order valence-electron chi connectivity index (χ0n) is 14.3. The van der Waals surface area contributed by atoms with Crippen LogP contribution in [-0.2, 0) is 5.41 Å². The highest BCUT2D eigenvalue weighted by molar-refractivity contribution is 9.10. The van der Waals surface area contributed by atoms with E-state index in [0.717, 1.165) is 16.8 Å². The van der Waals surface area contributed by atoms with Gasteiger partial charge in [0.2, 0.25) is 0 Å². The maximum Gasteiger partial charge on any atom is 0.124 e. The van der Waals surface area contributed by atoms with Crippen LogP contribution in [-0.4, -0.2) is 6.61 Å². The lowest BCUT2D eigenvalue weighted by molar-refractivity contribution is 0.136. The van der Waals surface area contributed by atoms with Gasteiger partial charge in [-0.05, 0) is 29.1 Å². The van der Waals surface area contributed by atoms with Crippen LogP contribution < -0.4 is 10.1 Å². The number of anilines is 1. The first-order chi connectivity index (χ1) is 12.1. The van der Waals surface area contributed by atoms with E-state index in [-0.39, 0.29) is 11.5 Å². The second-order valence-corrected chi connectivity index (χ2v) is 8.57. The molecule has 0 saturated carbocycles. The van der Waals surface area contributed by atoms with Gasteiger partial charge in [-0.3, -0.25) is 0 Å². The highest BCUT2D eigenvalue weighted by Crippen LogP contribution is 2.53. The van der Waals surface area contributed by atoms with Crippen molar-refractivity contribution in [1.29, 1.82) is 0 Å². The summed E-state index contributed by atoms with van der Waals surface area (Å²) in [5, 5.41) is 6.46. The number of benzene rings is 3. The van der Waals surface area contributed by atoms with Crippen LogP contribution in [0.2, 0.25) is 0 Å². The summed E-state index contributed by atoms with van der Waals surface area (Å²) in [4.78, 5) is 0. The molecule has 2 nitrogen and oxygen atoms in total. The molecule has 2 aliphatic rings. The largest absolute Gasteiger partial charge is 0.493 e. The maximum atomic E-state index is 6.13. The Hall–Kier alpha value is -2.00. The predicted molar refractivity (Wildman–Crippen MR) is 106 cm³/mol. The van der Waals surface area contributed by atoms with Gasteiger partial charge in [0.25, 0.3) is 0 Å². The van der Waals surface area contributed by atoms with Crippen LogP contribution in [0, 0.1) is 5.92 Å². The van der Waals surface area contributed by atoms with E-state index >= 15 is 0 Å². The van der Waals surface area contributed by atoms with Gasteiger partial charge in [0.1, 0.15) is 5.75 Å². The summed E-state index contributed by atoms with van der Waals surface area (Å²) in [7, 11) is 0. The van der Waals surface area contributed by atoms with Crippen molar-refractivity contribution >= 4 is 32.4 Å². The Balaban J connectivity index is 1.76. The molecular weight excluding hydrogens is 374 g/mol. The quantitative estimate of drug-likeness (QED) is 0.501. The second-order valence-electron chi connectivity index (χ2n) is 7.65. The zero-order valence-corrected chi connectivity index (χ0v) is 15.9. The van der Waals surface area contributed by atoms with Gasteiger partial charge in [-0.25, -0.2) is 0 Å². The lowest BCUT2D eigenvalue weighted by Crippen LogP contribution is -2.46. The van der Waals surface area contributed by atoms with Crippen LogP contribution in [0.25, 0.3) is 10.8 Å². The van der Waals surface area contributed by atoms with Crippen LogP contribution in [0.15, 0.2) is 59.1 Å². The molecule has 0 amide bonds. The van der Waals surface area contributed by atoms with E-state index in [2.05, 4.69) is 89.7 Å². The van der Waals surface area contributed by atoms with Crippen molar-refractivity contribution in [2.24, 2.45) is 5.92 Å². The Kier molecular flexibility index (Phi) is 3.21. The fourth-order valence-corrected chi connectivity index (χ4v) is 4.89. The Labute approximate surface area is 156 Å². The van der Waals surface area contributed by atoms with Crippen LogP contribution in [0.1, 0.15) is 31.0 Å². The number of ether oxygens (including phenoxy) is 1. The molecule has 0 spiro atoms. The van der Waals surface area contributed by atoms with E-state index in [9.17, 15) is 0 Å². The Morgan fingerprint density at radius 3 is 2.80 bits per heavy atom. The van der Waals surface area contributed by atoms with Crippen molar-refractivity contribution in [3.8, 4) is 5.75 Å². The molecule has 5 rings (SSSR count). The number of nitrogens with one attached hydrogen (secondary N) is 1. The summed E-state index contributed by atoms with van der Waals surface area (Å²) in [6.45, 7) is 5.45. The Bertz CT molecular complexity index is 994. The summed E-state index contributed by atoms with van der Waals surface area (Å²) < 4.78 is 7.22. The van der Waals surface area contributed by atoms with E-state index in [4.69, 9.17) is 4.74 Å². The molecular formula is C22H20BrNO. The molecule has 0 fully saturated rings. The van der Waals surface area contributed by atoms with Crippen LogP contribution >= 0.6 is 15.9 Å². The van der Waals surface area contributed by atoms with Crippen molar-refractivity contribution in [2.75, 3.05) is 11.9 Å². The predicted octanol–water partition coefficient (Wildman–Crippen LogP) is 6.06. The SMILES string of the molecule is CC1(C)c2ccc3ccccc3c2N[C@H]2c3cc(Br)ccc3OC[C@H]21. The molecule has 2 atom stereocenters. The number of rotatable bonds is 0. The van der Waals surface area contributed by atoms with Gasteiger partial charge < -0.3 is 10.1 Å².